The van der Waals surface area contributed by atoms with Crippen molar-refractivity contribution in [3.8, 4) is 5.75 Å². The zero-order chi connectivity index (χ0) is 10.8. The second kappa shape index (κ2) is 4.06. The molecule has 0 saturated carbocycles. The van der Waals surface area contributed by atoms with Crippen LogP contribution in [0.3, 0.4) is 0 Å². The van der Waals surface area contributed by atoms with Crippen LogP contribution in [-0.2, 0) is 4.79 Å². The predicted octanol–water partition coefficient (Wildman–Crippen LogP) is 1.43. The fourth-order valence-electron chi connectivity index (χ4n) is 1.53. The van der Waals surface area contributed by atoms with Crippen molar-refractivity contribution in [2.45, 2.75) is 12.5 Å². The number of carbonyl (C=O) groups excluding carboxylic acids is 1. The molecule has 1 unspecified atom stereocenters. The lowest BCUT2D eigenvalue weighted by atomic mass is 10.2. The number of fused-ring (bicyclic) bond motifs is 1. The number of aromatic nitrogens is 1. The van der Waals surface area contributed by atoms with E-state index < -0.39 is 6.10 Å². The SMILES string of the molecule is CN1C(=O)C(CCCl)Oc2cccnc21. The van der Waals surface area contributed by atoms with Crippen LogP contribution in [0.5, 0.6) is 5.75 Å². The molecule has 5 heteroatoms. The quantitative estimate of drug-likeness (QED) is 0.717. The number of pyridine rings is 1. The number of alkyl halides is 1. The molecule has 1 aliphatic heterocycles. The average molecular weight is 227 g/mol. The molecule has 15 heavy (non-hydrogen) atoms. The number of hydrogen-bond acceptors (Lipinski definition) is 3. The second-order valence-corrected chi connectivity index (χ2v) is 3.68. The first-order chi connectivity index (χ1) is 7.24. The number of nitrogens with zero attached hydrogens (tertiary/aromatic N) is 2. The Labute approximate surface area is 92.8 Å². The van der Waals surface area contributed by atoms with Gasteiger partial charge in [-0.1, -0.05) is 0 Å². The van der Waals surface area contributed by atoms with E-state index in [-0.39, 0.29) is 5.91 Å². The third-order valence-electron chi connectivity index (χ3n) is 2.32. The Morgan fingerprint density at radius 2 is 2.47 bits per heavy atom. The Morgan fingerprint density at radius 1 is 1.67 bits per heavy atom. The molecule has 4 nitrogen and oxygen atoms in total. The molecule has 0 N–H and O–H groups in total. The first kappa shape index (κ1) is 10.2. The second-order valence-electron chi connectivity index (χ2n) is 3.31. The van der Waals surface area contributed by atoms with Crippen LogP contribution in [-0.4, -0.2) is 29.9 Å². The summed E-state index contributed by atoms with van der Waals surface area (Å²) in [5.41, 5.74) is 0. The lowest BCUT2D eigenvalue weighted by molar-refractivity contribution is -0.126. The predicted molar refractivity (Wildman–Crippen MR) is 57.4 cm³/mol. The minimum atomic E-state index is -0.482. The Balaban J connectivity index is 2.32. The van der Waals surface area contributed by atoms with Gasteiger partial charge in [-0.2, -0.15) is 0 Å². The van der Waals surface area contributed by atoms with Crippen LogP contribution in [0.2, 0.25) is 0 Å². The molecule has 0 fully saturated rings. The number of hydrogen-bond donors (Lipinski definition) is 0. The molecule has 1 amide bonds. The molecular formula is C10H11ClN2O2. The summed E-state index contributed by atoms with van der Waals surface area (Å²) in [7, 11) is 1.69. The lowest BCUT2D eigenvalue weighted by Gasteiger charge is -2.30. The largest absolute Gasteiger partial charge is 0.477 e. The summed E-state index contributed by atoms with van der Waals surface area (Å²) >= 11 is 5.61. The molecular weight excluding hydrogens is 216 g/mol. The smallest absolute Gasteiger partial charge is 0.269 e. The molecule has 0 bridgehead atoms. The van der Waals surface area contributed by atoms with Crippen LogP contribution in [0.1, 0.15) is 6.42 Å². The zero-order valence-electron chi connectivity index (χ0n) is 8.31. The van der Waals surface area contributed by atoms with Gasteiger partial charge in [-0.3, -0.25) is 9.69 Å². The van der Waals surface area contributed by atoms with Crippen molar-refractivity contribution in [3.05, 3.63) is 18.3 Å². The maximum atomic E-state index is 11.8. The Morgan fingerprint density at radius 3 is 3.20 bits per heavy atom. The summed E-state index contributed by atoms with van der Waals surface area (Å²) in [5.74, 6) is 1.50. The number of halogens is 1. The molecule has 0 spiro atoms. The van der Waals surface area contributed by atoms with Crippen LogP contribution in [0, 0.1) is 0 Å². The number of anilines is 1. The molecule has 2 heterocycles. The molecule has 0 saturated heterocycles. The molecule has 0 aliphatic carbocycles. The van der Waals surface area contributed by atoms with Gasteiger partial charge in [0.2, 0.25) is 0 Å². The summed E-state index contributed by atoms with van der Waals surface area (Å²) < 4.78 is 5.52. The Kier molecular flexibility index (Phi) is 2.77. The van der Waals surface area contributed by atoms with Crippen molar-refractivity contribution in [3.63, 3.8) is 0 Å². The van der Waals surface area contributed by atoms with E-state index in [4.69, 9.17) is 16.3 Å². The van der Waals surface area contributed by atoms with Crippen molar-refractivity contribution in [1.29, 1.82) is 0 Å². The molecule has 0 radical (unpaired) electrons. The lowest BCUT2D eigenvalue weighted by Crippen LogP contribution is -2.44. The van der Waals surface area contributed by atoms with E-state index in [1.165, 1.54) is 4.90 Å². The van der Waals surface area contributed by atoms with E-state index in [0.717, 1.165) is 0 Å². The molecule has 1 aliphatic rings. The van der Waals surface area contributed by atoms with Crippen LogP contribution >= 0.6 is 11.6 Å². The van der Waals surface area contributed by atoms with Crippen molar-refractivity contribution >= 4 is 23.3 Å². The summed E-state index contributed by atoms with van der Waals surface area (Å²) in [6.45, 7) is 0. The summed E-state index contributed by atoms with van der Waals surface area (Å²) in [4.78, 5) is 17.4. The topological polar surface area (TPSA) is 42.4 Å². The van der Waals surface area contributed by atoms with E-state index in [9.17, 15) is 4.79 Å². The standard InChI is InChI=1S/C10H11ClN2O2/c1-13-9-7(3-2-6-12-9)15-8(4-5-11)10(13)14/h2-3,6,8H,4-5H2,1H3. The highest BCUT2D eigenvalue weighted by Crippen LogP contribution is 2.31. The molecule has 1 atom stereocenters. The summed E-state index contributed by atoms with van der Waals surface area (Å²) in [5, 5.41) is 0. The summed E-state index contributed by atoms with van der Waals surface area (Å²) in [6, 6.07) is 3.58. The fraction of sp³-hybridized carbons (Fsp3) is 0.400. The number of rotatable bonds is 2. The summed E-state index contributed by atoms with van der Waals surface area (Å²) in [6.07, 6.45) is 1.66. The van der Waals surface area contributed by atoms with Gasteiger partial charge in [0.15, 0.2) is 17.7 Å². The molecule has 0 aromatic carbocycles. The van der Waals surface area contributed by atoms with Gasteiger partial charge in [-0.25, -0.2) is 4.98 Å². The number of likely N-dealkylation sites (N-methyl/N-ethyl adjacent to an activating group) is 1. The molecule has 1 aromatic rings. The minimum Gasteiger partial charge on any atom is -0.477 e. The number of ether oxygens (including phenoxy) is 1. The molecule has 2 rings (SSSR count). The highest BCUT2D eigenvalue weighted by molar-refractivity contribution is 6.18. The van der Waals surface area contributed by atoms with Crippen LogP contribution < -0.4 is 9.64 Å². The van der Waals surface area contributed by atoms with Crippen molar-refractivity contribution in [1.82, 2.24) is 4.98 Å². The van der Waals surface area contributed by atoms with E-state index in [0.29, 0.717) is 23.9 Å². The van der Waals surface area contributed by atoms with E-state index >= 15 is 0 Å². The fourth-order valence-corrected chi connectivity index (χ4v) is 1.73. The molecule has 1 aromatic heterocycles. The van der Waals surface area contributed by atoms with E-state index in [2.05, 4.69) is 4.98 Å². The van der Waals surface area contributed by atoms with E-state index in [1.54, 1.807) is 25.4 Å². The minimum absolute atomic E-state index is 0.0955. The van der Waals surface area contributed by atoms with Gasteiger partial charge in [-0.05, 0) is 12.1 Å². The number of amides is 1. The average Bonchev–Trinajstić information content (AvgIpc) is 2.26. The van der Waals surface area contributed by atoms with Gasteiger partial charge in [0, 0.05) is 25.5 Å². The first-order valence-corrected chi connectivity index (χ1v) is 5.22. The van der Waals surface area contributed by atoms with Gasteiger partial charge in [0.05, 0.1) is 0 Å². The zero-order valence-corrected chi connectivity index (χ0v) is 9.07. The highest BCUT2D eigenvalue weighted by Gasteiger charge is 2.32. The van der Waals surface area contributed by atoms with Crippen LogP contribution in [0.15, 0.2) is 18.3 Å². The van der Waals surface area contributed by atoms with Crippen LogP contribution in [0.25, 0.3) is 0 Å². The van der Waals surface area contributed by atoms with Crippen LogP contribution in [0.4, 0.5) is 5.82 Å². The van der Waals surface area contributed by atoms with Crippen molar-refractivity contribution in [2.24, 2.45) is 0 Å². The van der Waals surface area contributed by atoms with Gasteiger partial charge in [0.1, 0.15) is 0 Å². The van der Waals surface area contributed by atoms with Gasteiger partial charge in [0.25, 0.3) is 5.91 Å². The Bertz CT molecular complexity index is 383. The number of carbonyl (C=O) groups is 1. The first-order valence-electron chi connectivity index (χ1n) is 4.69. The Hall–Kier alpha value is -1.29. The van der Waals surface area contributed by atoms with Crippen molar-refractivity contribution < 1.29 is 9.53 Å². The van der Waals surface area contributed by atoms with Gasteiger partial charge < -0.3 is 4.74 Å². The molecule has 80 valence electrons. The monoisotopic (exact) mass is 226 g/mol. The highest BCUT2D eigenvalue weighted by atomic mass is 35.5. The van der Waals surface area contributed by atoms with Gasteiger partial charge in [-0.15, -0.1) is 11.6 Å². The third-order valence-corrected chi connectivity index (χ3v) is 2.53. The third kappa shape index (κ3) is 1.77. The van der Waals surface area contributed by atoms with E-state index in [1.807, 2.05) is 0 Å². The maximum Gasteiger partial charge on any atom is 0.269 e. The van der Waals surface area contributed by atoms with Gasteiger partial charge >= 0.3 is 0 Å². The maximum absolute atomic E-state index is 11.8. The normalized spacial score (nSPS) is 19.7. The van der Waals surface area contributed by atoms with Crippen molar-refractivity contribution in [2.75, 3.05) is 17.8 Å².